The summed E-state index contributed by atoms with van der Waals surface area (Å²) in [7, 11) is 0. The summed E-state index contributed by atoms with van der Waals surface area (Å²) in [6.45, 7) is 0.284. The molecular formula is C13H10N6O2. The number of aromatic nitrogens is 6. The standard InChI is InChI=1S/C13H10N6O2/c20-13(21)11-12(9-1-3-14-4-2-9)19(18-17-11)8-10-7-15-5-6-16-10/h1-7H,8H2,(H,20,21). The number of nitrogens with zero attached hydrogens (tertiary/aromatic N) is 6. The van der Waals surface area contributed by atoms with Crippen LogP contribution in [0, 0.1) is 0 Å². The van der Waals surface area contributed by atoms with E-state index in [1.54, 1.807) is 43.1 Å². The van der Waals surface area contributed by atoms with Crippen LogP contribution in [0.2, 0.25) is 0 Å². The first-order chi connectivity index (χ1) is 10.3. The highest BCUT2D eigenvalue weighted by molar-refractivity contribution is 5.92. The molecule has 0 atom stereocenters. The molecule has 21 heavy (non-hydrogen) atoms. The number of hydrogen-bond acceptors (Lipinski definition) is 6. The Morgan fingerprint density at radius 1 is 1.14 bits per heavy atom. The molecular weight excluding hydrogens is 272 g/mol. The van der Waals surface area contributed by atoms with Crippen LogP contribution < -0.4 is 0 Å². The normalized spacial score (nSPS) is 10.5. The van der Waals surface area contributed by atoms with Crippen LogP contribution >= 0.6 is 0 Å². The largest absolute Gasteiger partial charge is 0.476 e. The van der Waals surface area contributed by atoms with Crippen molar-refractivity contribution >= 4 is 5.97 Å². The molecule has 0 radical (unpaired) electrons. The Labute approximate surface area is 119 Å². The SMILES string of the molecule is O=C(O)c1nnn(Cc2cnccn2)c1-c1ccncc1. The average Bonchev–Trinajstić information content (AvgIpc) is 2.93. The molecule has 0 aliphatic carbocycles. The topological polar surface area (TPSA) is 107 Å². The van der Waals surface area contributed by atoms with Crippen LogP contribution in [0.4, 0.5) is 0 Å². The van der Waals surface area contributed by atoms with Crippen LogP contribution in [0.3, 0.4) is 0 Å². The first-order valence-corrected chi connectivity index (χ1v) is 6.08. The molecule has 104 valence electrons. The van der Waals surface area contributed by atoms with Gasteiger partial charge in [0.1, 0.15) is 5.69 Å². The van der Waals surface area contributed by atoms with Gasteiger partial charge in [0.2, 0.25) is 0 Å². The number of carboxylic acid groups (broad SMARTS) is 1. The Kier molecular flexibility index (Phi) is 3.34. The van der Waals surface area contributed by atoms with Crippen molar-refractivity contribution in [2.24, 2.45) is 0 Å². The lowest BCUT2D eigenvalue weighted by molar-refractivity contribution is 0.0691. The van der Waals surface area contributed by atoms with Crippen molar-refractivity contribution in [2.45, 2.75) is 6.54 Å². The summed E-state index contributed by atoms with van der Waals surface area (Å²) in [5.41, 5.74) is 1.64. The van der Waals surface area contributed by atoms with Crippen molar-refractivity contribution in [3.8, 4) is 11.3 Å². The summed E-state index contributed by atoms with van der Waals surface area (Å²) < 4.78 is 1.49. The van der Waals surface area contributed by atoms with Gasteiger partial charge in [0.15, 0.2) is 5.69 Å². The molecule has 0 aliphatic rings. The molecule has 3 heterocycles. The highest BCUT2D eigenvalue weighted by atomic mass is 16.4. The molecule has 8 nitrogen and oxygen atoms in total. The van der Waals surface area contributed by atoms with Crippen molar-refractivity contribution in [1.29, 1.82) is 0 Å². The van der Waals surface area contributed by atoms with Crippen LogP contribution in [-0.4, -0.2) is 41.0 Å². The Hall–Kier alpha value is -3.16. The molecule has 0 spiro atoms. The number of carbonyl (C=O) groups is 1. The molecule has 8 heteroatoms. The first-order valence-electron chi connectivity index (χ1n) is 6.08. The lowest BCUT2D eigenvalue weighted by Gasteiger charge is -2.06. The van der Waals surface area contributed by atoms with Gasteiger partial charge in [-0.05, 0) is 12.1 Å². The molecule has 0 saturated heterocycles. The summed E-state index contributed by atoms with van der Waals surface area (Å²) in [6.07, 6.45) is 7.90. The fraction of sp³-hybridized carbons (Fsp3) is 0.0769. The molecule has 3 aromatic rings. The second-order valence-corrected chi connectivity index (χ2v) is 4.18. The number of pyridine rings is 1. The highest BCUT2D eigenvalue weighted by Crippen LogP contribution is 2.22. The predicted octanol–water partition coefficient (Wildman–Crippen LogP) is 0.877. The molecule has 0 saturated carbocycles. The van der Waals surface area contributed by atoms with Gasteiger partial charge in [-0.15, -0.1) is 5.10 Å². The van der Waals surface area contributed by atoms with Crippen LogP contribution in [0.5, 0.6) is 0 Å². The molecule has 0 aliphatic heterocycles. The fourth-order valence-electron chi connectivity index (χ4n) is 1.93. The monoisotopic (exact) mass is 282 g/mol. The van der Waals surface area contributed by atoms with Crippen LogP contribution in [0.25, 0.3) is 11.3 Å². The number of rotatable bonds is 4. The third-order valence-electron chi connectivity index (χ3n) is 2.82. The lowest BCUT2D eigenvalue weighted by atomic mass is 10.1. The third-order valence-corrected chi connectivity index (χ3v) is 2.82. The Morgan fingerprint density at radius 2 is 1.95 bits per heavy atom. The van der Waals surface area contributed by atoms with E-state index in [-0.39, 0.29) is 12.2 Å². The summed E-state index contributed by atoms with van der Waals surface area (Å²) in [6, 6.07) is 3.41. The van der Waals surface area contributed by atoms with E-state index < -0.39 is 5.97 Å². The van der Waals surface area contributed by atoms with Crippen molar-refractivity contribution in [1.82, 2.24) is 29.9 Å². The molecule has 3 aromatic heterocycles. The van der Waals surface area contributed by atoms with Gasteiger partial charge in [-0.25, -0.2) is 9.48 Å². The van der Waals surface area contributed by atoms with Gasteiger partial charge in [0.05, 0.1) is 18.4 Å². The quantitative estimate of drug-likeness (QED) is 0.756. The maximum Gasteiger partial charge on any atom is 0.358 e. The van der Waals surface area contributed by atoms with Gasteiger partial charge in [-0.1, -0.05) is 5.21 Å². The van der Waals surface area contributed by atoms with E-state index in [1.165, 1.54) is 4.68 Å². The highest BCUT2D eigenvalue weighted by Gasteiger charge is 2.20. The van der Waals surface area contributed by atoms with Crippen LogP contribution in [0.15, 0.2) is 43.1 Å². The molecule has 0 unspecified atom stereocenters. The van der Waals surface area contributed by atoms with E-state index in [9.17, 15) is 9.90 Å². The van der Waals surface area contributed by atoms with Crippen molar-refractivity contribution in [3.63, 3.8) is 0 Å². The maximum atomic E-state index is 11.3. The van der Waals surface area contributed by atoms with Crippen LogP contribution in [-0.2, 0) is 6.54 Å². The Balaban J connectivity index is 2.07. The molecule has 0 fully saturated rings. The van der Waals surface area contributed by atoms with Crippen molar-refractivity contribution in [3.05, 3.63) is 54.5 Å². The van der Waals surface area contributed by atoms with Crippen molar-refractivity contribution in [2.75, 3.05) is 0 Å². The van der Waals surface area contributed by atoms with Gasteiger partial charge < -0.3 is 5.11 Å². The van der Waals surface area contributed by atoms with Crippen LogP contribution in [0.1, 0.15) is 16.2 Å². The zero-order valence-electron chi connectivity index (χ0n) is 10.8. The van der Waals surface area contributed by atoms with E-state index in [1.807, 2.05) is 0 Å². The molecule has 0 aromatic carbocycles. The van der Waals surface area contributed by atoms with E-state index in [2.05, 4.69) is 25.3 Å². The third kappa shape index (κ3) is 2.59. The summed E-state index contributed by atoms with van der Waals surface area (Å²) in [4.78, 5) is 23.4. The fourth-order valence-corrected chi connectivity index (χ4v) is 1.93. The average molecular weight is 282 g/mol. The predicted molar refractivity (Wildman–Crippen MR) is 71.3 cm³/mol. The van der Waals surface area contributed by atoms with Crippen molar-refractivity contribution < 1.29 is 9.90 Å². The second-order valence-electron chi connectivity index (χ2n) is 4.18. The lowest BCUT2D eigenvalue weighted by Crippen LogP contribution is -2.07. The Morgan fingerprint density at radius 3 is 2.62 bits per heavy atom. The zero-order valence-corrected chi connectivity index (χ0v) is 10.8. The summed E-state index contributed by atoms with van der Waals surface area (Å²) in [5, 5.41) is 16.9. The van der Waals surface area contributed by atoms with Gasteiger partial charge in [-0.2, -0.15) is 0 Å². The van der Waals surface area contributed by atoms with Gasteiger partial charge in [-0.3, -0.25) is 15.0 Å². The number of hydrogen-bond donors (Lipinski definition) is 1. The molecule has 3 rings (SSSR count). The van der Waals surface area contributed by atoms with Gasteiger partial charge in [0, 0.05) is 30.4 Å². The van der Waals surface area contributed by atoms with E-state index in [4.69, 9.17) is 0 Å². The molecule has 1 N–H and O–H groups in total. The molecule has 0 amide bonds. The van der Waals surface area contributed by atoms with E-state index >= 15 is 0 Å². The van der Waals surface area contributed by atoms with E-state index in [0.717, 1.165) is 0 Å². The molecule has 0 bridgehead atoms. The number of carboxylic acids is 1. The first kappa shape index (κ1) is 12.9. The smallest absolute Gasteiger partial charge is 0.358 e. The zero-order chi connectivity index (χ0) is 14.7. The minimum atomic E-state index is -1.13. The van der Waals surface area contributed by atoms with Gasteiger partial charge in [0.25, 0.3) is 0 Å². The minimum absolute atomic E-state index is 0.106. The Bertz CT molecular complexity index is 757. The van der Waals surface area contributed by atoms with E-state index in [0.29, 0.717) is 17.0 Å². The second kappa shape index (κ2) is 5.45. The maximum absolute atomic E-state index is 11.3. The summed E-state index contributed by atoms with van der Waals surface area (Å²) >= 11 is 0. The summed E-state index contributed by atoms with van der Waals surface area (Å²) in [5.74, 6) is -1.13. The van der Waals surface area contributed by atoms with Gasteiger partial charge >= 0.3 is 5.97 Å². The minimum Gasteiger partial charge on any atom is -0.476 e. The number of aromatic carboxylic acids is 1.